The standard InChI is InChI=1S/C11H10FNO2/c1-2-15-11(14)8-5-10-4-3-9(12)7-13(10)6-8/h3-7H,2H2,1H3. The van der Waals surface area contributed by atoms with Gasteiger partial charge in [0.2, 0.25) is 0 Å². The van der Waals surface area contributed by atoms with Gasteiger partial charge in [-0.1, -0.05) is 0 Å². The highest BCUT2D eigenvalue weighted by Crippen LogP contribution is 2.12. The first kappa shape index (κ1) is 9.71. The van der Waals surface area contributed by atoms with E-state index >= 15 is 0 Å². The Bertz CT molecular complexity index is 504. The molecule has 0 aliphatic rings. The Morgan fingerprint density at radius 2 is 2.27 bits per heavy atom. The molecule has 78 valence electrons. The quantitative estimate of drug-likeness (QED) is 0.707. The molecule has 0 amide bonds. The summed E-state index contributed by atoms with van der Waals surface area (Å²) < 4.78 is 19.3. The number of pyridine rings is 1. The number of hydrogen-bond donors (Lipinski definition) is 0. The molecule has 15 heavy (non-hydrogen) atoms. The highest BCUT2D eigenvalue weighted by molar-refractivity contribution is 5.91. The van der Waals surface area contributed by atoms with Gasteiger partial charge in [0, 0.05) is 17.9 Å². The SMILES string of the molecule is CCOC(=O)c1cc2ccc(F)cn2c1. The van der Waals surface area contributed by atoms with Gasteiger partial charge in [-0.3, -0.25) is 0 Å². The van der Waals surface area contributed by atoms with Crippen LogP contribution in [0.1, 0.15) is 17.3 Å². The second kappa shape index (κ2) is 3.73. The molecule has 0 atom stereocenters. The maximum Gasteiger partial charge on any atom is 0.339 e. The highest BCUT2D eigenvalue weighted by Gasteiger charge is 2.09. The second-order valence-corrected chi connectivity index (χ2v) is 3.13. The van der Waals surface area contributed by atoms with Crippen molar-refractivity contribution in [3.8, 4) is 0 Å². The van der Waals surface area contributed by atoms with Gasteiger partial charge in [0.25, 0.3) is 0 Å². The lowest BCUT2D eigenvalue weighted by Crippen LogP contribution is -2.02. The topological polar surface area (TPSA) is 30.7 Å². The summed E-state index contributed by atoms with van der Waals surface area (Å²) in [5.41, 5.74) is 1.20. The number of fused-ring (bicyclic) bond motifs is 1. The molecule has 0 aromatic carbocycles. The molecule has 0 spiro atoms. The minimum absolute atomic E-state index is 0.333. The third-order valence-corrected chi connectivity index (χ3v) is 2.07. The molecule has 2 aromatic heterocycles. The van der Waals surface area contributed by atoms with Gasteiger partial charge in [0.1, 0.15) is 5.82 Å². The summed E-state index contributed by atoms with van der Waals surface area (Å²) in [6, 6.07) is 4.62. The number of halogens is 1. The van der Waals surface area contributed by atoms with Crippen LogP contribution < -0.4 is 0 Å². The molecule has 3 nitrogen and oxygen atoms in total. The number of hydrogen-bond acceptors (Lipinski definition) is 2. The van der Waals surface area contributed by atoms with Gasteiger partial charge >= 0.3 is 5.97 Å². The van der Waals surface area contributed by atoms with Gasteiger partial charge in [-0.15, -0.1) is 0 Å². The summed E-state index contributed by atoms with van der Waals surface area (Å²) in [6.45, 7) is 2.08. The monoisotopic (exact) mass is 207 g/mol. The molecule has 0 saturated heterocycles. The summed E-state index contributed by atoms with van der Waals surface area (Å²) in [5.74, 6) is -0.727. The van der Waals surface area contributed by atoms with Crippen molar-refractivity contribution in [2.45, 2.75) is 6.92 Å². The Morgan fingerprint density at radius 1 is 1.47 bits per heavy atom. The number of ether oxygens (including phenoxy) is 1. The Morgan fingerprint density at radius 3 is 3.00 bits per heavy atom. The fourth-order valence-corrected chi connectivity index (χ4v) is 1.41. The summed E-state index contributed by atoms with van der Waals surface area (Å²) >= 11 is 0. The minimum Gasteiger partial charge on any atom is -0.462 e. The lowest BCUT2D eigenvalue weighted by molar-refractivity contribution is 0.0526. The van der Waals surface area contributed by atoms with Crippen molar-refractivity contribution >= 4 is 11.5 Å². The van der Waals surface area contributed by atoms with E-state index in [-0.39, 0.29) is 11.8 Å². The highest BCUT2D eigenvalue weighted by atomic mass is 19.1. The van der Waals surface area contributed by atoms with Crippen LogP contribution in [0.3, 0.4) is 0 Å². The van der Waals surface area contributed by atoms with Crippen molar-refractivity contribution in [2.75, 3.05) is 6.61 Å². The van der Waals surface area contributed by atoms with E-state index in [9.17, 15) is 9.18 Å². The maximum absolute atomic E-state index is 12.9. The molecule has 0 fully saturated rings. The molecule has 0 N–H and O–H groups in total. The fourth-order valence-electron chi connectivity index (χ4n) is 1.41. The number of rotatable bonds is 2. The smallest absolute Gasteiger partial charge is 0.339 e. The van der Waals surface area contributed by atoms with Crippen LogP contribution in [0.4, 0.5) is 4.39 Å². The zero-order valence-electron chi connectivity index (χ0n) is 8.24. The summed E-state index contributed by atoms with van der Waals surface area (Å²) in [6.07, 6.45) is 2.87. The van der Waals surface area contributed by atoms with Gasteiger partial charge in [-0.05, 0) is 25.1 Å². The second-order valence-electron chi connectivity index (χ2n) is 3.13. The fraction of sp³-hybridized carbons (Fsp3) is 0.182. The molecule has 2 rings (SSSR count). The minimum atomic E-state index is -0.387. The molecule has 0 saturated carbocycles. The van der Waals surface area contributed by atoms with Gasteiger partial charge < -0.3 is 9.14 Å². The van der Waals surface area contributed by atoms with Gasteiger partial charge in [0.05, 0.1) is 12.2 Å². The Kier molecular flexibility index (Phi) is 2.41. The third kappa shape index (κ3) is 1.83. The molecular weight excluding hydrogens is 197 g/mol. The number of aromatic nitrogens is 1. The van der Waals surface area contributed by atoms with E-state index in [0.717, 1.165) is 5.52 Å². The summed E-state index contributed by atoms with van der Waals surface area (Å²) in [7, 11) is 0. The van der Waals surface area contributed by atoms with Crippen LogP contribution in [0.2, 0.25) is 0 Å². The van der Waals surface area contributed by atoms with E-state index in [1.54, 1.807) is 29.7 Å². The zero-order valence-corrected chi connectivity index (χ0v) is 8.24. The Labute approximate surface area is 86.1 Å². The van der Waals surface area contributed by atoms with E-state index < -0.39 is 0 Å². The van der Waals surface area contributed by atoms with Crippen molar-refractivity contribution in [2.24, 2.45) is 0 Å². The average molecular weight is 207 g/mol. The van der Waals surface area contributed by atoms with Crippen LogP contribution >= 0.6 is 0 Å². The normalized spacial score (nSPS) is 10.5. The van der Waals surface area contributed by atoms with Gasteiger partial charge in [-0.2, -0.15) is 0 Å². The maximum atomic E-state index is 12.9. The molecule has 0 unspecified atom stereocenters. The first-order chi connectivity index (χ1) is 7.20. The van der Waals surface area contributed by atoms with Crippen LogP contribution in [0.15, 0.2) is 30.6 Å². The molecule has 2 aromatic rings. The van der Waals surface area contributed by atoms with Gasteiger partial charge in [-0.25, -0.2) is 9.18 Å². The van der Waals surface area contributed by atoms with Crippen molar-refractivity contribution in [3.05, 3.63) is 42.0 Å². The number of carbonyl (C=O) groups excluding carboxylic acids is 1. The van der Waals surface area contributed by atoms with Gasteiger partial charge in [0.15, 0.2) is 0 Å². The lowest BCUT2D eigenvalue weighted by Gasteiger charge is -1.96. The average Bonchev–Trinajstić information content (AvgIpc) is 2.60. The molecule has 0 radical (unpaired) electrons. The molecule has 4 heteroatoms. The van der Waals surface area contributed by atoms with Crippen molar-refractivity contribution in [1.82, 2.24) is 4.40 Å². The largest absolute Gasteiger partial charge is 0.462 e. The molecule has 0 bridgehead atoms. The number of esters is 1. The summed E-state index contributed by atoms with van der Waals surface area (Å²) in [5, 5.41) is 0. The van der Waals surface area contributed by atoms with E-state index in [0.29, 0.717) is 12.2 Å². The van der Waals surface area contributed by atoms with Crippen molar-refractivity contribution in [1.29, 1.82) is 0 Å². The Balaban J connectivity index is 2.42. The predicted molar refractivity (Wildman–Crippen MR) is 53.3 cm³/mol. The van der Waals surface area contributed by atoms with E-state index in [4.69, 9.17) is 4.74 Å². The number of nitrogens with zero attached hydrogens (tertiary/aromatic N) is 1. The predicted octanol–water partition coefficient (Wildman–Crippen LogP) is 2.26. The Hall–Kier alpha value is -1.84. The van der Waals surface area contributed by atoms with Crippen LogP contribution in [-0.2, 0) is 4.74 Å². The van der Waals surface area contributed by atoms with Crippen LogP contribution in [0.5, 0.6) is 0 Å². The van der Waals surface area contributed by atoms with Crippen molar-refractivity contribution in [3.63, 3.8) is 0 Å². The molecule has 0 aliphatic carbocycles. The third-order valence-electron chi connectivity index (χ3n) is 2.07. The lowest BCUT2D eigenvalue weighted by atomic mass is 10.3. The number of carbonyl (C=O) groups is 1. The first-order valence-corrected chi connectivity index (χ1v) is 4.65. The zero-order chi connectivity index (χ0) is 10.8. The molecular formula is C11H10FNO2. The van der Waals surface area contributed by atoms with E-state index in [1.165, 1.54) is 12.3 Å². The first-order valence-electron chi connectivity index (χ1n) is 4.65. The molecule has 2 heterocycles. The van der Waals surface area contributed by atoms with Crippen molar-refractivity contribution < 1.29 is 13.9 Å². The van der Waals surface area contributed by atoms with Crippen LogP contribution in [0.25, 0.3) is 5.52 Å². The van der Waals surface area contributed by atoms with Crippen LogP contribution in [0, 0.1) is 5.82 Å². The van der Waals surface area contributed by atoms with E-state index in [2.05, 4.69) is 0 Å². The van der Waals surface area contributed by atoms with E-state index in [1.807, 2.05) is 0 Å². The summed E-state index contributed by atoms with van der Waals surface area (Å²) in [4.78, 5) is 11.4. The molecule has 0 aliphatic heterocycles. The van der Waals surface area contributed by atoms with Crippen LogP contribution in [-0.4, -0.2) is 17.0 Å².